The van der Waals surface area contributed by atoms with Crippen LogP contribution in [0.3, 0.4) is 0 Å². The third kappa shape index (κ3) is 3.19. The molecule has 0 bridgehead atoms. The second-order valence-electron chi connectivity index (χ2n) is 5.62. The average molecular weight is 248 g/mol. The smallest absolute Gasteiger partial charge is 0.225 e. The maximum Gasteiger partial charge on any atom is 0.225 e. The number of anilines is 1. The summed E-state index contributed by atoms with van der Waals surface area (Å²) in [7, 11) is 2.09. The highest BCUT2D eigenvalue weighted by Gasteiger charge is 2.25. The highest BCUT2D eigenvalue weighted by Crippen LogP contribution is 2.20. The molecular weight excluding hydrogens is 224 g/mol. The van der Waals surface area contributed by atoms with Crippen molar-refractivity contribution in [2.24, 2.45) is 5.92 Å². The van der Waals surface area contributed by atoms with Crippen molar-refractivity contribution in [1.29, 1.82) is 0 Å². The fraction of sp³-hybridized carbons (Fsp3) is 0.714. The molecule has 4 heteroatoms. The predicted octanol–water partition coefficient (Wildman–Crippen LogP) is 1.95. The SMILES string of the molecule is Cc1ccnc(N(C)C[C@@H]2CCN(C(C)C)C2)n1. The summed E-state index contributed by atoms with van der Waals surface area (Å²) in [6.45, 7) is 10.0. The van der Waals surface area contributed by atoms with Gasteiger partial charge in [0.2, 0.25) is 5.95 Å². The Kier molecular flexibility index (Phi) is 4.17. The molecule has 0 saturated carbocycles. The lowest BCUT2D eigenvalue weighted by atomic mass is 10.1. The Morgan fingerprint density at radius 3 is 2.89 bits per heavy atom. The van der Waals surface area contributed by atoms with Crippen LogP contribution in [0.4, 0.5) is 5.95 Å². The lowest BCUT2D eigenvalue weighted by molar-refractivity contribution is 0.265. The minimum atomic E-state index is 0.663. The lowest BCUT2D eigenvalue weighted by Gasteiger charge is -2.23. The molecular formula is C14H24N4. The van der Waals surface area contributed by atoms with Crippen molar-refractivity contribution in [2.45, 2.75) is 33.2 Å². The third-order valence-corrected chi connectivity index (χ3v) is 3.70. The molecule has 1 aromatic heterocycles. The number of hydrogen-bond donors (Lipinski definition) is 0. The zero-order valence-corrected chi connectivity index (χ0v) is 11.9. The Bertz CT molecular complexity index is 391. The first-order chi connectivity index (χ1) is 8.56. The quantitative estimate of drug-likeness (QED) is 0.815. The number of nitrogens with zero attached hydrogens (tertiary/aromatic N) is 4. The van der Waals surface area contributed by atoms with E-state index in [-0.39, 0.29) is 0 Å². The van der Waals surface area contributed by atoms with E-state index in [0.717, 1.165) is 24.1 Å². The zero-order chi connectivity index (χ0) is 13.1. The van der Waals surface area contributed by atoms with E-state index < -0.39 is 0 Å². The van der Waals surface area contributed by atoms with Crippen molar-refractivity contribution in [3.05, 3.63) is 18.0 Å². The lowest BCUT2D eigenvalue weighted by Crippen LogP contribution is -2.32. The van der Waals surface area contributed by atoms with Gasteiger partial charge in [-0.05, 0) is 45.7 Å². The van der Waals surface area contributed by atoms with Crippen molar-refractivity contribution in [1.82, 2.24) is 14.9 Å². The first-order valence-corrected chi connectivity index (χ1v) is 6.81. The molecule has 0 amide bonds. The van der Waals surface area contributed by atoms with Gasteiger partial charge in [0.15, 0.2) is 0 Å². The van der Waals surface area contributed by atoms with Crippen molar-refractivity contribution in [3.63, 3.8) is 0 Å². The maximum atomic E-state index is 4.47. The van der Waals surface area contributed by atoms with Gasteiger partial charge in [-0.2, -0.15) is 0 Å². The first kappa shape index (κ1) is 13.3. The Balaban J connectivity index is 1.90. The van der Waals surface area contributed by atoms with Gasteiger partial charge in [0.25, 0.3) is 0 Å². The molecule has 2 heterocycles. The average Bonchev–Trinajstić information content (AvgIpc) is 2.77. The highest BCUT2D eigenvalue weighted by atomic mass is 15.2. The molecule has 1 atom stereocenters. The molecule has 1 fully saturated rings. The van der Waals surface area contributed by atoms with Crippen LogP contribution in [0, 0.1) is 12.8 Å². The van der Waals surface area contributed by atoms with Crippen LogP contribution in [-0.4, -0.2) is 47.6 Å². The number of rotatable bonds is 4. The zero-order valence-electron chi connectivity index (χ0n) is 11.9. The summed E-state index contributed by atoms with van der Waals surface area (Å²) < 4.78 is 0. The van der Waals surface area contributed by atoms with Crippen molar-refractivity contribution >= 4 is 5.95 Å². The molecule has 18 heavy (non-hydrogen) atoms. The standard InChI is InChI=1S/C14H24N4/c1-11(2)18-8-6-13(10-18)9-17(4)14-15-7-5-12(3)16-14/h5,7,11,13H,6,8-10H2,1-4H3/t13-/m0/s1. The summed E-state index contributed by atoms with van der Waals surface area (Å²) in [6.07, 6.45) is 3.12. The Morgan fingerprint density at radius 2 is 2.28 bits per heavy atom. The molecule has 0 unspecified atom stereocenters. The van der Waals surface area contributed by atoms with Crippen LogP contribution in [0.1, 0.15) is 26.0 Å². The first-order valence-electron chi connectivity index (χ1n) is 6.81. The Hall–Kier alpha value is -1.16. The van der Waals surface area contributed by atoms with E-state index in [2.05, 4.69) is 40.7 Å². The molecule has 1 aromatic rings. The van der Waals surface area contributed by atoms with Crippen molar-refractivity contribution < 1.29 is 0 Å². The normalized spacial score (nSPS) is 20.6. The van der Waals surface area contributed by atoms with Crippen LogP contribution in [0.25, 0.3) is 0 Å². The number of aromatic nitrogens is 2. The van der Waals surface area contributed by atoms with Gasteiger partial charge in [-0.15, -0.1) is 0 Å². The van der Waals surface area contributed by atoms with Crippen LogP contribution < -0.4 is 4.90 Å². The van der Waals surface area contributed by atoms with Crippen LogP contribution >= 0.6 is 0 Å². The summed E-state index contributed by atoms with van der Waals surface area (Å²) in [6, 6.07) is 2.60. The van der Waals surface area contributed by atoms with Gasteiger partial charge >= 0.3 is 0 Å². The van der Waals surface area contributed by atoms with E-state index in [1.165, 1.54) is 19.5 Å². The van der Waals surface area contributed by atoms with E-state index in [0.29, 0.717) is 6.04 Å². The summed E-state index contributed by atoms with van der Waals surface area (Å²) in [5.74, 6) is 1.58. The molecule has 0 aromatic carbocycles. The second kappa shape index (κ2) is 5.65. The molecule has 0 radical (unpaired) electrons. The van der Waals surface area contributed by atoms with Gasteiger partial charge in [-0.25, -0.2) is 9.97 Å². The Labute approximate surface area is 110 Å². The number of aryl methyl sites for hydroxylation is 1. The van der Waals surface area contributed by atoms with Crippen LogP contribution in [0.2, 0.25) is 0 Å². The van der Waals surface area contributed by atoms with E-state index in [9.17, 15) is 0 Å². The topological polar surface area (TPSA) is 32.3 Å². The predicted molar refractivity (Wildman–Crippen MR) is 74.9 cm³/mol. The van der Waals surface area contributed by atoms with Crippen LogP contribution in [-0.2, 0) is 0 Å². The third-order valence-electron chi connectivity index (χ3n) is 3.70. The van der Waals surface area contributed by atoms with E-state index in [1.54, 1.807) is 0 Å². The minimum absolute atomic E-state index is 0.663. The minimum Gasteiger partial charge on any atom is -0.344 e. The van der Waals surface area contributed by atoms with Gasteiger partial charge < -0.3 is 9.80 Å². The molecule has 1 aliphatic rings. The molecule has 100 valence electrons. The second-order valence-corrected chi connectivity index (χ2v) is 5.62. The van der Waals surface area contributed by atoms with Crippen LogP contribution in [0.5, 0.6) is 0 Å². The molecule has 0 spiro atoms. The van der Waals surface area contributed by atoms with Gasteiger partial charge in [-0.1, -0.05) is 0 Å². The largest absolute Gasteiger partial charge is 0.344 e. The van der Waals surface area contributed by atoms with Gasteiger partial charge in [-0.3, -0.25) is 0 Å². The molecule has 2 rings (SSSR count). The van der Waals surface area contributed by atoms with E-state index in [4.69, 9.17) is 0 Å². The van der Waals surface area contributed by atoms with Gasteiger partial charge in [0.1, 0.15) is 0 Å². The molecule has 0 aliphatic carbocycles. The van der Waals surface area contributed by atoms with E-state index >= 15 is 0 Å². The molecule has 0 N–H and O–H groups in total. The van der Waals surface area contributed by atoms with E-state index in [1.807, 2.05) is 19.2 Å². The number of hydrogen-bond acceptors (Lipinski definition) is 4. The van der Waals surface area contributed by atoms with Gasteiger partial charge in [0, 0.05) is 38.1 Å². The fourth-order valence-corrected chi connectivity index (χ4v) is 2.57. The molecule has 1 aliphatic heterocycles. The fourth-order valence-electron chi connectivity index (χ4n) is 2.57. The monoisotopic (exact) mass is 248 g/mol. The summed E-state index contributed by atoms with van der Waals surface area (Å²) in [5, 5.41) is 0. The van der Waals surface area contributed by atoms with Crippen LogP contribution in [0.15, 0.2) is 12.3 Å². The number of likely N-dealkylation sites (tertiary alicyclic amines) is 1. The summed E-state index contributed by atoms with van der Waals surface area (Å²) in [4.78, 5) is 13.5. The van der Waals surface area contributed by atoms with Crippen molar-refractivity contribution in [3.8, 4) is 0 Å². The Morgan fingerprint density at radius 1 is 1.50 bits per heavy atom. The highest BCUT2D eigenvalue weighted by molar-refractivity contribution is 5.28. The molecule has 4 nitrogen and oxygen atoms in total. The van der Waals surface area contributed by atoms with Gasteiger partial charge in [0.05, 0.1) is 0 Å². The maximum absolute atomic E-state index is 4.47. The van der Waals surface area contributed by atoms with Crippen molar-refractivity contribution in [2.75, 3.05) is 31.6 Å². The summed E-state index contributed by atoms with van der Waals surface area (Å²) >= 11 is 0. The molecule has 1 saturated heterocycles. The summed E-state index contributed by atoms with van der Waals surface area (Å²) in [5.41, 5.74) is 1.03.